The van der Waals surface area contributed by atoms with Crippen LogP contribution in [0.2, 0.25) is 0 Å². The van der Waals surface area contributed by atoms with Crippen molar-refractivity contribution in [1.29, 1.82) is 0 Å². The average Bonchev–Trinajstić information content (AvgIpc) is 2.00. The molecule has 0 aliphatic rings. The third kappa shape index (κ3) is 2.82. The summed E-state index contributed by atoms with van der Waals surface area (Å²) in [5, 5.41) is 0. The Balaban J connectivity index is 5.22. The Hall–Kier alpha value is -0.880. The second-order valence-electron chi connectivity index (χ2n) is 4.67. The van der Waals surface area contributed by atoms with E-state index in [1.165, 1.54) is 34.6 Å². The zero-order valence-corrected chi connectivity index (χ0v) is 11.0. The number of carbonyl (C=O) groups is 1. The van der Waals surface area contributed by atoms with Gasteiger partial charge in [-0.05, 0) is 34.6 Å². The SMILES string of the molecule is C=C(C)C(=O)OC(C)(C)C(C)(C)S(=O)(=O)O. The molecule has 0 aromatic rings. The molecule has 0 aliphatic heterocycles. The van der Waals surface area contributed by atoms with E-state index in [-0.39, 0.29) is 5.57 Å². The molecule has 0 aromatic carbocycles. The first kappa shape index (κ1) is 15.1. The van der Waals surface area contributed by atoms with Gasteiger partial charge in [0.2, 0.25) is 0 Å². The van der Waals surface area contributed by atoms with Crippen LogP contribution in [-0.4, -0.2) is 29.3 Å². The topological polar surface area (TPSA) is 80.7 Å². The highest BCUT2D eigenvalue weighted by atomic mass is 32.2. The summed E-state index contributed by atoms with van der Waals surface area (Å²) >= 11 is 0. The Labute approximate surface area is 96.2 Å². The standard InChI is InChI=1S/C10H18O5S/c1-7(2)8(11)15-9(3,4)10(5,6)16(12,13)14/h1H2,2-6H3,(H,12,13,14). The second-order valence-corrected chi connectivity index (χ2v) is 6.64. The molecule has 0 bridgehead atoms. The number of esters is 1. The molecular weight excluding hydrogens is 232 g/mol. The van der Waals surface area contributed by atoms with Crippen molar-refractivity contribution in [2.24, 2.45) is 0 Å². The van der Waals surface area contributed by atoms with Crippen LogP contribution in [0.1, 0.15) is 34.6 Å². The Morgan fingerprint density at radius 2 is 1.62 bits per heavy atom. The van der Waals surface area contributed by atoms with Crippen LogP contribution in [0, 0.1) is 0 Å². The lowest BCUT2D eigenvalue weighted by Crippen LogP contribution is -2.53. The molecule has 0 aliphatic carbocycles. The Morgan fingerprint density at radius 3 is 1.88 bits per heavy atom. The quantitative estimate of drug-likeness (QED) is 0.465. The predicted molar refractivity (Wildman–Crippen MR) is 60.6 cm³/mol. The van der Waals surface area contributed by atoms with E-state index in [0.29, 0.717) is 0 Å². The average molecular weight is 250 g/mol. The fourth-order valence-corrected chi connectivity index (χ4v) is 1.42. The number of carbonyl (C=O) groups excluding carboxylic acids is 1. The highest BCUT2D eigenvalue weighted by molar-refractivity contribution is 7.87. The van der Waals surface area contributed by atoms with Gasteiger partial charge in [0.25, 0.3) is 10.1 Å². The van der Waals surface area contributed by atoms with Gasteiger partial charge in [-0.15, -0.1) is 0 Å². The molecule has 0 saturated carbocycles. The molecule has 0 heterocycles. The first-order valence-electron chi connectivity index (χ1n) is 4.69. The maximum atomic E-state index is 11.3. The van der Waals surface area contributed by atoms with E-state index < -0.39 is 26.4 Å². The predicted octanol–water partition coefficient (Wildman–Crippen LogP) is 1.55. The molecule has 0 spiro atoms. The summed E-state index contributed by atoms with van der Waals surface area (Å²) in [6, 6.07) is 0. The largest absolute Gasteiger partial charge is 0.455 e. The van der Waals surface area contributed by atoms with Gasteiger partial charge in [0.15, 0.2) is 0 Å². The molecular formula is C10H18O5S. The summed E-state index contributed by atoms with van der Waals surface area (Å²) in [6.07, 6.45) is 0. The van der Waals surface area contributed by atoms with Crippen molar-refractivity contribution in [3.63, 3.8) is 0 Å². The van der Waals surface area contributed by atoms with E-state index >= 15 is 0 Å². The molecule has 94 valence electrons. The molecule has 0 radical (unpaired) electrons. The van der Waals surface area contributed by atoms with Crippen molar-refractivity contribution in [2.75, 3.05) is 0 Å². The summed E-state index contributed by atoms with van der Waals surface area (Å²) in [4.78, 5) is 11.3. The van der Waals surface area contributed by atoms with Gasteiger partial charge in [-0.3, -0.25) is 4.55 Å². The zero-order chi connectivity index (χ0) is 13.4. The lowest BCUT2D eigenvalue weighted by Gasteiger charge is -2.37. The van der Waals surface area contributed by atoms with Crippen LogP contribution in [-0.2, 0) is 19.6 Å². The third-order valence-electron chi connectivity index (χ3n) is 2.79. The smallest absolute Gasteiger partial charge is 0.333 e. The molecule has 0 rings (SSSR count). The minimum absolute atomic E-state index is 0.166. The van der Waals surface area contributed by atoms with Crippen LogP contribution in [0.15, 0.2) is 12.2 Å². The van der Waals surface area contributed by atoms with Crippen LogP contribution in [0.5, 0.6) is 0 Å². The molecule has 0 unspecified atom stereocenters. The molecule has 0 saturated heterocycles. The minimum atomic E-state index is -4.34. The first-order chi connectivity index (χ1) is 6.83. The molecule has 5 nitrogen and oxygen atoms in total. The Bertz CT molecular complexity index is 403. The second kappa shape index (κ2) is 4.18. The summed E-state index contributed by atoms with van der Waals surface area (Å²) in [5.74, 6) is -0.693. The fraction of sp³-hybridized carbons (Fsp3) is 0.700. The van der Waals surface area contributed by atoms with Crippen molar-refractivity contribution in [3.8, 4) is 0 Å². The van der Waals surface area contributed by atoms with Crippen LogP contribution in [0.25, 0.3) is 0 Å². The van der Waals surface area contributed by atoms with Gasteiger partial charge in [-0.1, -0.05) is 6.58 Å². The van der Waals surface area contributed by atoms with Crippen LogP contribution < -0.4 is 0 Å². The van der Waals surface area contributed by atoms with Crippen molar-refractivity contribution < 1.29 is 22.5 Å². The highest BCUT2D eigenvalue weighted by Crippen LogP contribution is 2.32. The maximum absolute atomic E-state index is 11.3. The minimum Gasteiger partial charge on any atom is -0.455 e. The first-order valence-corrected chi connectivity index (χ1v) is 6.13. The van der Waals surface area contributed by atoms with Gasteiger partial charge < -0.3 is 4.74 Å². The van der Waals surface area contributed by atoms with Gasteiger partial charge >= 0.3 is 5.97 Å². The number of hydrogen-bond donors (Lipinski definition) is 1. The molecule has 1 N–H and O–H groups in total. The molecule has 16 heavy (non-hydrogen) atoms. The fourth-order valence-electron chi connectivity index (χ4n) is 0.752. The van der Waals surface area contributed by atoms with E-state index in [1.807, 2.05) is 0 Å². The Morgan fingerprint density at radius 1 is 1.25 bits per heavy atom. The van der Waals surface area contributed by atoms with Crippen molar-refractivity contribution in [3.05, 3.63) is 12.2 Å². The molecule has 0 fully saturated rings. The number of ether oxygens (including phenoxy) is 1. The van der Waals surface area contributed by atoms with Crippen LogP contribution in [0.3, 0.4) is 0 Å². The van der Waals surface area contributed by atoms with E-state index in [4.69, 9.17) is 9.29 Å². The van der Waals surface area contributed by atoms with Crippen LogP contribution in [0.4, 0.5) is 0 Å². The summed E-state index contributed by atoms with van der Waals surface area (Å²) in [6.45, 7) is 10.3. The monoisotopic (exact) mass is 250 g/mol. The Kier molecular flexibility index (Phi) is 3.95. The van der Waals surface area contributed by atoms with E-state index in [2.05, 4.69) is 6.58 Å². The lowest BCUT2D eigenvalue weighted by molar-refractivity contribution is -0.154. The molecule has 6 heteroatoms. The van der Waals surface area contributed by atoms with Crippen molar-refractivity contribution >= 4 is 16.1 Å². The molecule has 0 aromatic heterocycles. The van der Waals surface area contributed by atoms with Gasteiger partial charge in [0.1, 0.15) is 10.3 Å². The van der Waals surface area contributed by atoms with E-state index in [0.717, 1.165) is 0 Å². The molecule has 0 atom stereocenters. The summed E-state index contributed by atoms with van der Waals surface area (Å²) < 4.78 is 34.9. The van der Waals surface area contributed by atoms with Gasteiger partial charge in [0, 0.05) is 5.57 Å². The van der Waals surface area contributed by atoms with E-state index in [9.17, 15) is 13.2 Å². The van der Waals surface area contributed by atoms with Gasteiger partial charge in [-0.2, -0.15) is 8.42 Å². The lowest BCUT2D eigenvalue weighted by atomic mass is 9.93. The maximum Gasteiger partial charge on any atom is 0.333 e. The van der Waals surface area contributed by atoms with Gasteiger partial charge in [-0.25, -0.2) is 4.79 Å². The zero-order valence-electron chi connectivity index (χ0n) is 10.2. The number of hydrogen-bond acceptors (Lipinski definition) is 4. The summed E-state index contributed by atoms with van der Waals surface area (Å²) in [7, 11) is -4.34. The van der Waals surface area contributed by atoms with Crippen molar-refractivity contribution in [1.82, 2.24) is 0 Å². The van der Waals surface area contributed by atoms with E-state index in [1.54, 1.807) is 0 Å². The number of rotatable bonds is 4. The third-order valence-corrected chi connectivity index (χ3v) is 4.57. The normalized spacial score (nSPS) is 13.4. The summed E-state index contributed by atoms with van der Waals surface area (Å²) in [5.41, 5.74) is -1.20. The highest BCUT2D eigenvalue weighted by Gasteiger charge is 2.50. The molecule has 0 amide bonds. The van der Waals surface area contributed by atoms with Crippen molar-refractivity contribution in [2.45, 2.75) is 45.0 Å². The van der Waals surface area contributed by atoms with Gasteiger partial charge in [0.05, 0.1) is 0 Å². The van der Waals surface area contributed by atoms with Crippen LogP contribution >= 0.6 is 0 Å².